The summed E-state index contributed by atoms with van der Waals surface area (Å²) in [5.74, 6) is 1.22. The summed E-state index contributed by atoms with van der Waals surface area (Å²) in [6.07, 6.45) is 1.72. The molecule has 1 aromatic carbocycles. The van der Waals surface area contributed by atoms with E-state index in [9.17, 15) is 0 Å². The van der Waals surface area contributed by atoms with Crippen LogP contribution < -0.4 is 4.74 Å². The molecule has 2 rings (SSSR count). The summed E-state index contributed by atoms with van der Waals surface area (Å²) in [6.45, 7) is 6.68. The van der Waals surface area contributed by atoms with E-state index in [1.165, 1.54) is 0 Å². The first-order valence-electron chi connectivity index (χ1n) is 6.50. The van der Waals surface area contributed by atoms with E-state index in [2.05, 4.69) is 18.8 Å². The summed E-state index contributed by atoms with van der Waals surface area (Å²) in [6, 6.07) is 7.64. The van der Waals surface area contributed by atoms with Crippen LogP contribution in [0.2, 0.25) is 10.2 Å². The SMILES string of the molecule is Cc1cc(Cl)c(C(C)C)cc1OCc1ccc(Cl)nc1. The van der Waals surface area contributed by atoms with Gasteiger partial charge in [0, 0.05) is 16.8 Å². The van der Waals surface area contributed by atoms with Crippen molar-refractivity contribution < 1.29 is 4.74 Å². The molecule has 20 heavy (non-hydrogen) atoms. The van der Waals surface area contributed by atoms with E-state index in [1.807, 2.05) is 25.1 Å². The number of hydrogen-bond acceptors (Lipinski definition) is 2. The summed E-state index contributed by atoms with van der Waals surface area (Å²) in [5.41, 5.74) is 3.11. The lowest BCUT2D eigenvalue weighted by Gasteiger charge is -2.14. The summed E-state index contributed by atoms with van der Waals surface area (Å²) in [5, 5.41) is 1.27. The summed E-state index contributed by atoms with van der Waals surface area (Å²) < 4.78 is 5.87. The maximum Gasteiger partial charge on any atom is 0.129 e. The predicted octanol–water partition coefficient (Wildman–Crippen LogP) is 5.40. The first-order chi connectivity index (χ1) is 9.47. The van der Waals surface area contributed by atoms with E-state index in [0.717, 1.165) is 27.5 Å². The highest BCUT2D eigenvalue weighted by atomic mass is 35.5. The van der Waals surface area contributed by atoms with Crippen molar-refractivity contribution in [2.75, 3.05) is 0 Å². The topological polar surface area (TPSA) is 22.1 Å². The molecular weight excluding hydrogens is 293 g/mol. The van der Waals surface area contributed by atoms with E-state index < -0.39 is 0 Å². The fourth-order valence-electron chi connectivity index (χ4n) is 1.92. The Morgan fingerprint density at radius 3 is 2.55 bits per heavy atom. The molecule has 0 radical (unpaired) electrons. The van der Waals surface area contributed by atoms with E-state index in [-0.39, 0.29) is 0 Å². The second-order valence-corrected chi connectivity index (χ2v) is 5.87. The molecule has 0 aliphatic carbocycles. The van der Waals surface area contributed by atoms with Crippen molar-refractivity contribution >= 4 is 23.2 Å². The Balaban J connectivity index is 2.16. The molecule has 0 fully saturated rings. The van der Waals surface area contributed by atoms with Crippen molar-refractivity contribution in [3.05, 3.63) is 57.3 Å². The normalized spacial score (nSPS) is 10.9. The molecule has 0 aliphatic heterocycles. The Morgan fingerprint density at radius 1 is 1.20 bits per heavy atom. The van der Waals surface area contributed by atoms with E-state index in [1.54, 1.807) is 12.3 Å². The zero-order valence-electron chi connectivity index (χ0n) is 11.8. The van der Waals surface area contributed by atoms with Crippen LogP contribution in [0.25, 0.3) is 0 Å². The molecular formula is C16H17Cl2NO. The van der Waals surface area contributed by atoms with Gasteiger partial charge in [-0.25, -0.2) is 4.98 Å². The van der Waals surface area contributed by atoms with Crippen molar-refractivity contribution in [3.8, 4) is 5.75 Å². The van der Waals surface area contributed by atoms with Gasteiger partial charge in [-0.1, -0.05) is 43.1 Å². The second kappa shape index (κ2) is 6.47. The van der Waals surface area contributed by atoms with Gasteiger partial charge in [0.1, 0.15) is 17.5 Å². The Labute approximate surface area is 129 Å². The highest BCUT2D eigenvalue weighted by molar-refractivity contribution is 6.31. The number of rotatable bonds is 4. The molecule has 2 aromatic rings. The third-order valence-electron chi connectivity index (χ3n) is 3.10. The zero-order chi connectivity index (χ0) is 14.7. The molecule has 0 aliphatic rings. The Morgan fingerprint density at radius 2 is 1.95 bits per heavy atom. The lowest BCUT2D eigenvalue weighted by atomic mass is 10.0. The molecule has 0 amide bonds. The summed E-state index contributed by atoms with van der Waals surface area (Å²) >= 11 is 12.0. The van der Waals surface area contributed by atoms with Crippen molar-refractivity contribution in [2.24, 2.45) is 0 Å². The molecule has 0 bridgehead atoms. The first-order valence-corrected chi connectivity index (χ1v) is 7.26. The molecule has 2 nitrogen and oxygen atoms in total. The maximum absolute atomic E-state index is 6.25. The van der Waals surface area contributed by atoms with E-state index >= 15 is 0 Å². The Kier molecular flexibility index (Phi) is 4.90. The van der Waals surface area contributed by atoms with Crippen molar-refractivity contribution in [3.63, 3.8) is 0 Å². The van der Waals surface area contributed by atoms with Crippen molar-refractivity contribution in [1.82, 2.24) is 4.98 Å². The van der Waals surface area contributed by atoms with E-state index in [0.29, 0.717) is 17.7 Å². The fraction of sp³-hybridized carbons (Fsp3) is 0.312. The third-order valence-corrected chi connectivity index (χ3v) is 3.65. The number of halogens is 2. The van der Waals surface area contributed by atoms with Gasteiger partial charge in [-0.3, -0.25) is 0 Å². The number of nitrogens with zero attached hydrogens (tertiary/aromatic N) is 1. The molecule has 0 saturated heterocycles. The highest BCUT2D eigenvalue weighted by Crippen LogP contribution is 2.31. The Hall–Kier alpha value is -1.25. The molecule has 0 spiro atoms. The van der Waals surface area contributed by atoms with Gasteiger partial charge in [0.2, 0.25) is 0 Å². The van der Waals surface area contributed by atoms with Crippen LogP contribution in [0.3, 0.4) is 0 Å². The van der Waals surface area contributed by atoms with Gasteiger partial charge in [-0.15, -0.1) is 0 Å². The lowest BCUT2D eigenvalue weighted by molar-refractivity contribution is 0.303. The molecule has 0 unspecified atom stereocenters. The lowest BCUT2D eigenvalue weighted by Crippen LogP contribution is -1.99. The van der Waals surface area contributed by atoms with Gasteiger partial charge in [0.15, 0.2) is 0 Å². The summed E-state index contributed by atoms with van der Waals surface area (Å²) in [4.78, 5) is 4.04. The van der Waals surface area contributed by atoms with Crippen LogP contribution in [0.5, 0.6) is 5.75 Å². The van der Waals surface area contributed by atoms with Crippen LogP contribution in [0, 0.1) is 6.92 Å². The molecule has 106 valence electrons. The van der Waals surface area contributed by atoms with Gasteiger partial charge in [0.05, 0.1) is 0 Å². The number of hydrogen-bond donors (Lipinski definition) is 0. The standard InChI is InChI=1S/C16H17Cl2NO/c1-10(2)13-7-15(11(3)6-14(13)17)20-9-12-4-5-16(18)19-8-12/h4-8,10H,9H2,1-3H3. The van der Waals surface area contributed by atoms with Crippen molar-refractivity contribution in [1.29, 1.82) is 0 Å². The van der Waals surface area contributed by atoms with Gasteiger partial charge in [-0.05, 0) is 42.2 Å². The average molecular weight is 310 g/mol. The smallest absolute Gasteiger partial charge is 0.129 e. The molecule has 0 atom stereocenters. The molecule has 0 N–H and O–H groups in total. The van der Waals surface area contributed by atoms with E-state index in [4.69, 9.17) is 27.9 Å². The fourth-order valence-corrected chi connectivity index (χ4v) is 2.47. The Bertz CT molecular complexity index is 594. The largest absolute Gasteiger partial charge is 0.489 e. The maximum atomic E-state index is 6.25. The summed E-state index contributed by atoms with van der Waals surface area (Å²) in [7, 11) is 0. The van der Waals surface area contributed by atoms with Crippen LogP contribution in [-0.2, 0) is 6.61 Å². The highest BCUT2D eigenvalue weighted by Gasteiger charge is 2.10. The number of pyridine rings is 1. The molecule has 1 aromatic heterocycles. The minimum atomic E-state index is 0.364. The first kappa shape index (κ1) is 15.1. The number of benzene rings is 1. The zero-order valence-corrected chi connectivity index (χ0v) is 13.3. The predicted molar refractivity (Wildman–Crippen MR) is 83.9 cm³/mol. The number of ether oxygens (including phenoxy) is 1. The second-order valence-electron chi connectivity index (χ2n) is 5.07. The third kappa shape index (κ3) is 3.65. The molecule has 1 heterocycles. The van der Waals surface area contributed by atoms with Crippen molar-refractivity contribution in [2.45, 2.75) is 33.3 Å². The number of aryl methyl sites for hydroxylation is 1. The monoisotopic (exact) mass is 309 g/mol. The van der Waals surface area contributed by atoms with Gasteiger partial charge < -0.3 is 4.74 Å². The average Bonchev–Trinajstić information content (AvgIpc) is 2.39. The van der Waals surface area contributed by atoms with Gasteiger partial charge in [0.25, 0.3) is 0 Å². The van der Waals surface area contributed by atoms with Crippen LogP contribution >= 0.6 is 23.2 Å². The van der Waals surface area contributed by atoms with Gasteiger partial charge in [-0.2, -0.15) is 0 Å². The van der Waals surface area contributed by atoms with Crippen LogP contribution in [0.15, 0.2) is 30.5 Å². The quantitative estimate of drug-likeness (QED) is 0.705. The van der Waals surface area contributed by atoms with Crippen LogP contribution in [-0.4, -0.2) is 4.98 Å². The van der Waals surface area contributed by atoms with Crippen LogP contribution in [0.1, 0.15) is 36.5 Å². The minimum absolute atomic E-state index is 0.364. The van der Waals surface area contributed by atoms with Crippen LogP contribution in [0.4, 0.5) is 0 Å². The molecule has 0 saturated carbocycles. The number of aromatic nitrogens is 1. The minimum Gasteiger partial charge on any atom is -0.489 e. The molecule has 4 heteroatoms. The van der Waals surface area contributed by atoms with Gasteiger partial charge >= 0.3 is 0 Å².